The molecule has 2 heterocycles. The number of piperidine rings is 1. The van der Waals surface area contributed by atoms with Gasteiger partial charge in [0.05, 0.1) is 6.61 Å². The summed E-state index contributed by atoms with van der Waals surface area (Å²) in [5, 5.41) is 12.1. The second kappa shape index (κ2) is 3.32. The molecule has 0 atom stereocenters. The molecule has 3 nitrogen and oxygen atoms in total. The van der Waals surface area contributed by atoms with Gasteiger partial charge in [-0.05, 0) is 31.3 Å². The van der Waals surface area contributed by atoms with Gasteiger partial charge in [0.25, 0.3) is 0 Å². The third kappa shape index (κ3) is 1.49. The van der Waals surface area contributed by atoms with Crippen LogP contribution in [-0.2, 0) is 0 Å². The summed E-state index contributed by atoms with van der Waals surface area (Å²) in [5.74, 6) is 0. The van der Waals surface area contributed by atoms with Crippen LogP contribution >= 0.6 is 0 Å². The largest absolute Gasteiger partial charge is 0.395 e. The van der Waals surface area contributed by atoms with Crippen LogP contribution in [0, 0.1) is 5.41 Å². The monoisotopic (exact) mass is 170 g/mol. The minimum absolute atomic E-state index is 0.314. The van der Waals surface area contributed by atoms with Crippen LogP contribution < -0.4 is 5.32 Å². The van der Waals surface area contributed by atoms with E-state index >= 15 is 0 Å². The predicted octanol–water partition coefficient (Wildman–Crippen LogP) is -0.336. The van der Waals surface area contributed by atoms with Crippen molar-refractivity contribution in [1.82, 2.24) is 10.2 Å². The number of aliphatic hydroxyl groups is 1. The van der Waals surface area contributed by atoms with E-state index in [1.165, 1.54) is 39.0 Å². The first-order chi connectivity index (χ1) is 5.85. The summed E-state index contributed by atoms with van der Waals surface area (Å²) in [6, 6.07) is 0. The fourth-order valence-electron chi connectivity index (χ4n) is 2.48. The Bertz CT molecular complexity index is 147. The maximum Gasteiger partial charge on any atom is 0.0558 e. The molecular weight excluding hydrogens is 152 g/mol. The molecule has 0 radical (unpaired) electrons. The van der Waals surface area contributed by atoms with Crippen LogP contribution in [0.5, 0.6) is 0 Å². The molecule has 0 aliphatic carbocycles. The van der Waals surface area contributed by atoms with E-state index in [-0.39, 0.29) is 0 Å². The van der Waals surface area contributed by atoms with Gasteiger partial charge in [0.15, 0.2) is 0 Å². The molecule has 0 aromatic rings. The molecule has 1 spiro atoms. The van der Waals surface area contributed by atoms with Crippen molar-refractivity contribution in [3.63, 3.8) is 0 Å². The Kier molecular flexibility index (Phi) is 2.35. The van der Waals surface area contributed by atoms with E-state index in [1.807, 2.05) is 0 Å². The standard InChI is InChI=1S/C9H18N2O/c12-6-5-11-7-9(8-11)1-3-10-4-2-9/h10,12H,1-8H2. The third-order valence-electron chi connectivity index (χ3n) is 3.20. The zero-order chi connectivity index (χ0) is 8.44. The Balaban J connectivity index is 1.77. The molecule has 0 aromatic carbocycles. The topological polar surface area (TPSA) is 35.5 Å². The number of aliphatic hydroxyl groups excluding tert-OH is 1. The average molecular weight is 170 g/mol. The Hall–Kier alpha value is -0.120. The number of nitrogens with one attached hydrogen (secondary N) is 1. The van der Waals surface area contributed by atoms with Crippen molar-refractivity contribution in [3.8, 4) is 0 Å². The van der Waals surface area contributed by atoms with Gasteiger partial charge < -0.3 is 10.4 Å². The van der Waals surface area contributed by atoms with Crippen LogP contribution in [0.2, 0.25) is 0 Å². The first-order valence-corrected chi connectivity index (χ1v) is 4.89. The van der Waals surface area contributed by atoms with Gasteiger partial charge in [-0.1, -0.05) is 0 Å². The lowest BCUT2D eigenvalue weighted by Gasteiger charge is -2.52. The number of β-amino-alcohol motifs (C(OH)–C–C–N with tert-alkyl or cyclic N) is 1. The van der Waals surface area contributed by atoms with Gasteiger partial charge >= 0.3 is 0 Å². The molecule has 0 aromatic heterocycles. The lowest BCUT2D eigenvalue weighted by atomic mass is 9.72. The van der Waals surface area contributed by atoms with Crippen LogP contribution in [0.25, 0.3) is 0 Å². The van der Waals surface area contributed by atoms with E-state index in [1.54, 1.807) is 0 Å². The summed E-state index contributed by atoms with van der Waals surface area (Å²) < 4.78 is 0. The van der Waals surface area contributed by atoms with Crippen molar-refractivity contribution >= 4 is 0 Å². The number of likely N-dealkylation sites (tertiary alicyclic amines) is 1. The summed E-state index contributed by atoms with van der Waals surface area (Å²) in [7, 11) is 0. The van der Waals surface area contributed by atoms with E-state index < -0.39 is 0 Å². The molecule has 70 valence electrons. The molecular formula is C9H18N2O. The first-order valence-electron chi connectivity index (χ1n) is 4.89. The Morgan fingerprint density at radius 2 is 1.92 bits per heavy atom. The molecule has 12 heavy (non-hydrogen) atoms. The molecule has 2 rings (SSSR count). The third-order valence-corrected chi connectivity index (χ3v) is 3.20. The molecule has 0 amide bonds. The number of rotatable bonds is 2. The minimum Gasteiger partial charge on any atom is -0.395 e. The molecule has 2 N–H and O–H groups in total. The summed E-state index contributed by atoms with van der Waals surface area (Å²) in [4.78, 5) is 2.35. The normalized spacial score (nSPS) is 28.8. The highest BCUT2D eigenvalue weighted by Gasteiger charge is 2.42. The second-order valence-corrected chi connectivity index (χ2v) is 4.18. The van der Waals surface area contributed by atoms with Crippen LogP contribution in [-0.4, -0.2) is 49.3 Å². The van der Waals surface area contributed by atoms with Crippen LogP contribution in [0.1, 0.15) is 12.8 Å². The van der Waals surface area contributed by atoms with Gasteiger partial charge in [-0.15, -0.1) is 0 Å². The van der Waals surface area contributed by atoms with Gasteiger partial charge in [0.2, 0.25) is 0 Å². The second-order valence-electron chi connectivity index (χ2n) is 4.18. The summed E-state index contributed by atoms with van der Waals surface area (Å²) >= 11 is 0. The van der Waals surface area contributed by atoms with Gasteiger partial charge in [0, 0.05) is 19.6 Å². The van der Waals surface area contributed by atoms with Crippen molar-refractivity contribution in [1.29, 1.82) is 0 Å². The van der Waals surface area contributed by atoms with Crippen LogP contribution in [0.4, 0.5) is 0 Å². The van der Waals surface area contributed by atoms with Crippen molar-refractivity contribution in [2.75, 3.05) is 39.3 Å². The summed E-state index contributed by atoms with van der Waals surface area (Å²) in [5.41, 5.74) is 0.625. The van der Waals surface area contributed by atoms with E-state index in [2.05, 4.69) is 10.2 Å². The van der Waals surface area contributed by atoms with Gasteiger partial charge in [0.1, 0.15) is 0 Å². The zero-order valence-corrected chi connectivity index (χ0v) is 7.55. The lowest BCUT2D eigenvalue weighted by molar-refractivity contribution is -0.0300. The number of hydrogen-bond acceptors (Lipinski definition) is 3. The quantitative estimate of drug-likeness (QED) is 0.595. The van der Waals surface area contributed by atoms with E-state index in [0.29, 0.717) is 12.0 Å². The Morgan fingerprint density at radius 1 is 1.25 bits per heavy atom. The molecule has 2 aliphatic rings. The smallest absolute Gasteiger partial charge is 0.0558 e. The fraction of sp³-hybridized carbons (Fsp3) is 1.00. The van der Waals surface area contributed by atoms with Crippen molar-refractivity contribution in [2.24, 2.45) is 5.41 Å². The predicted molar refractivity (Wildman–Crippen MR) is 48.1 cm³/mol. The van der Waals surface area contributed by atoms with Crippen molar-refractivity contribution in [2.45, 2.75) is 12.8 Å². The van der Waals surface area contributed by atoms with Crippen LogP contribution in [0.15, 0.2) is 0 Å². The fourth-order valence-corrected chi connectivity index (χ4v) is 2.48. The zero-order valence-electron chi connectivity index (χ0n) is 7.55. The molecule has 0 bridgehead atoms. The summed E-state index contributed by atoms with van der Waals surface area (Å²) in [6.45, 7) is 5.99. The molecule has 0 unspecified atom stereocenters. The average Bonchev–Trinajstić information content (AvgIpc) is 2.04. The first kappa shape index (κ1) is 8.48. The molecule has 2 saturated heterocycles. The SMILES string of the molecule is OCCN1CC2(CCNCC2)C1. The highest BCUT2D eigenvalue weighted by Crippen LogP contribution is 2.37. The van der Waals surface area contributed by atoms with Gasteiger partial charge in [-0.25, -0.2) is 0 Å². The van der Waals surface area contributed by atoms with E-state index in [0.717, 1.165) is 6.54 Å². The molecule has 0 saturated carbocycles. The Morgan fingerprint density at radius 3 is 2.50 bits per heavy atom. The highest BCUT2D eigenvalue weighted by atomic mass is 16.3. The maximum absolute atomic E-state index is 8.73. The van der Waals surface area contributed by atoms with Crippen LogP contribution in [0.3, 0.4) is 0 Å². The van der Waals surface area contributed by atoms with Gasteiger partial charge in [-0.2, -0.15) is 0 Å². The highest BCUT2D eigenvalue weighted by molar-refractivity contribution is 4.97. The van der Waals surface area contributed by atoms with Crippen molar-refractivity contribution < 1.29 is 5.11 Å². The number of hydrogen-bond donors (Lipinski definition) is 2. The molecule has 2 aliphatic heterocycles. The summed E-state index contributed by atoms with van der Waals surface area (Å²) in [6.07, 6.45) is 2.66. The Labute approximate surface area is 73.8 Å². The molecule has 3 heteroatoms. The molecule has 2 fully saturated rings. The minimum atomic E-state index is 0.314. The van der Waals surface area contributed by atoms with Crippen molar-refractivity contribution in [3.05, 3.63) is 0 Å². The van der Waals surface area contributed by atoms with E-state index in [4.69, 9.17) is 5.11 Å². The number of nitrogens with zero attached hydrogens (tertiary/aromatic N) is 1. The van der Waals surface area contributed by atoms with E-state index in [9.17, 15) is 0 Å². The maximum atomic E-state index is 8.73. The van der Waals surface area contributed by atoms with Gasteiger partial charge in [-0.3, -0.25) is 4.90 Å². The lowest BCUT2D eigenvalue weighted by Crippen LogP contribution is -2.60.